The van der Waals surface area contributed by atoms with Crippen LogP contribution in [0.25, 0.3) is 16.7 Å². The predicted octanol–water partition coefficient (Wildman–Crippen LogP) is 8.24. The summed E-state index contributed by atoms with van der Waals surface area (Å²) in [6.45, 7) is 10.2. The summed E-state index contributed by atoms with van der Waals surface area (Å²) in [6, 6.07) is 20.6. The fraction of sp³-hybridized carbons (Fsp3) is 0.351. The highest BCUT2D eigenvalue weighted by Crippen LogP contribution is 2.59. The number of nitrogens with one attached hydrogen (secondary N) is 1. The Hall–Kier alpha value is -2.98. The normalized spacial score (nSPS) is 34.2. The summed E-state index contributed by atoms with van der Waals surface area (Å²) < 4.78 is 3.01. The lowest BCUT2D eigenvalue weighted by molar-refractivity contribution is 0.258. The first-order chi connectivity index (χ1) is 19.4. The lowest BCUT2D eigenvalue weighted by atomic mass is 9.83. The zero-order chi connectivity index (χ0) is 27.4. The van der Waals surface area contributed by atoms with E-state index in [9.17, 15) is 0 Å². The third kappa shape index (κ3) is 4.13. The van der Waals surface area contributed by atoms with Gasteiger partial charge in [0.2, 0.25) is 0 Å². The lowest BCUT2D eigenvalue weighted by Crippen LogP contribution is -2.61. The molecule has 1 N–H and O–H groups in total. The number of rotatable bonds is 5. The van der Waals surface area contributed by atoms with Crippen LogP contribution in [0.15, 0.2) is 121 Å². The SMILES string of the molecule is CC(C)[C@H]1NC2C(c3cccc(-c4ccccc4)c3)=CC=C[C@H]2N1[Si](C)(C)C1C2C=CC=CC2C2C=CC=CC21. The van der Waals surface area contributed by atoms with Gasteiger partial charge in [-0.1, -0.05) is 142 Å². The summed E-state index contributed by atoms with van der Waals surface area (Å²) in [5.41, 5.74) is 5.99. The zero-order valence-electron chi connectivity index (χ0n) is 24.2. The lowest BCUT2D eigenvalue weighted by Gasteiger charge is -2.49. The summed E-state index contributed by atoms with van der Waals surface area (Å²) in [4.78, 5) is 0. The maximum absolute atomic E-state index is 4.20. The molecule has 4 aliphatic carbocycles. The molecule has 0 spiro atoms. The fourth-order valence-electron chi connectivity index (χ4n) is 8.75. The molecule has 2 aromatic carbocycles. The summed E-state index contributed by atoms with van der Waals surface area (Å²) in [7, 11) is -1.96. The van der Waals surface area contributed by atoms with Crippen LogP contribution >= 0.6 is 0 Å². The molecule has 1 saturated carbocycles. The first-order valence-electron chi connectivity index (χ1n) is 15.2. The van der Waals surface area contributed by atoms with Crippen LogP contribution in [0, 0.1) is 29.6 Å². The minimum absolute atomic E-state index is 0.298. The highest BCUT2D eigenvalue weighted by atomic mass is 28.3. The molecule has 7 atom stereocenters. The largest absolute Gasteiger partial charge is 0.301 e. The molecule has 5 unspecified atom stereocenters. The van der Waals surface area contributed by atoms with E-state index in [1.807, 2.05) is 0 Å². The van der Waals surface area contributed by atoms with Crippen molar-refractivity contribution in [2.24, 2.45) is 29.6 Å². The van der Waals surface area contributed by atoms with Crippen LogP contribution in [0.4, 0.5) is 0 Å². The molecular weight excluding hydrogens is 501 g/mol. The summed E-state index contributed by atoms with van der Waals surface area (Å²) in [6.07, 6.45) is 26.9. The standard InChI is InChI=1S/C37H42N2Si/c1-25(2)37-38-35-29(28-17-12-16-27(24-28)26-14-6-5-7-15-26)22-13-23-34(35)39(37)40(3,4)36-32-20-10-8-18-30(32)31-19-9-11-21-33(31)36/h5-25,30-38H,1-4H3/t30?,31?,32?,33?,34-,35?,36?,37+/m1/s1. The summed E-state index contributed by atoms with van der Waals surface area (Å²) in [5.74, 6) is 3.00. The first-order valence-corrected chi connectivity index (χ1v) is 18.3. The second-order valence-electron chi connectivity index (χ2n) is 13.2. The number of nitrogens with zero attached hydrogens (tertiary/aromatic N) is 1. The van der Waals surface area contributed by atoms with E-state index in [2.05, 4.69) is 158 Å². The quantitative estimate of drug-likeness (QED) is 0.383. The third-order valence-electron chi connectivity index (χ3n) is 10.4. The molecule has 3 heteroatoms. The van der Waals surface area contributed by atoms with E-state index in [-0.39, 0.29) is 0 Å². The monoisotopic (exact) mass is 542 g/mol. The Morgan fingerprint density at radius 1 is 0.675 bits per heavy atom. The van der Waals surface area contributed by atoms with E-state index in [1.54, 1.807) is 0 Å². The molecule has 0 bridgehead atoms. The first kappa shape index (κ1) is 25.9. The predicted molar refractivity (Wildman–Crippen MR) is 172 cm³/mol. The van der Waals surface area contributed by atoms with E-state index in [0.717, 1.165) is 0 Å². The Labute approximate surface area is 241 Å². The molecule has 7 rings (SSSR count). The molecule has 1 saturated heterocycles. The Morgan fingerprint density at radius 2 is 1.27 bits per heavy atom. The zero-order valence-corrected chi connectivity index (χ0v) is 25.2. The molecule has 0 radical (unpaired) electrons. The number of allylic oxidation sites excluding steroid dienone is 10. The minimum atomic E-state index is -1.96. The highest BCUT2D eigenvalue weighted by molar-refractivity contribution is 6.76. The van der Waals surface area contributed by atoms with E-state index in [1.165, 1.54) is 22.3 Å². The minimum Gasteiger partial charge on any atom is -0.301 e. The van der Waals surface area contributed by atoms with Crippen molar-refractivity contribution in [1.82, 2.24) is 9.88 Å². The van der Waals surface area contributed by atoms with E-state index < -0.39 is 8.24 Å². The van der Waals surface area contributed by atoms with Gasteiger partial charge >= 0.3 is 0 Å². The molecule has 2 fully saturated rings. The molecule has 1 aliphatic heterocycles. The van der Waals surface area contributed by atoms with E-state index in [0.29, 0.717) is 53.4 Å². The van der Waals surface area contributed by atoms with Gasteiger partial charge in [0.05, 0.1) is 12.2 Å². The average Bonchev–Trinajstić information content (AvgIpc) is 3.55. The molecule has 0 aromatic heterocycles. The van der Waals surface area contributed by atoms with Crippen LogP contribution < -0.4 is 5.32 Å². The van der Waals surface area contributed by atoms with Crippen molar-refractivity contribution >= 4 is 13.8 Å². The summed E-state index contributed by atoms with van der Waals surface area (Å²) >= 11 is 0. The molecule has 1 heterocycles. The molecule has 2 aromatic rings. The van der Waals surface area contributed by atoms with Gasteiger partial charge in [-0.05, 0) is 63.5 Å². The van der Waals surface area contributed by atoms with Gasteiger partial charge in [-0.25, -0.2) is 0 Å². The Kier molecular flexibility index (Phi) is 6.57. The van der Waals surface area contributed by atoms with Gasteiger partial charge < -0.3 is 4.57 Å². The van der Waals surface area contributed by atoms with Gasteiger partial charge in [-0.3, -0.25) is 5.32 Å². The van der Waals surface area contributed by atoms with Gasteiger partial charge in [0, 0.05) is 6.04 Å². The van der Waals surface area contributed by atoms with Crippen molar-refractivity contribution in [3.63, 3.8) is 0 Å². The van der Waals surface area contributed by atoms with Crippen molar-refractivity contribution in [3.8, 4) is 11.1 Å². The Morgan fingerprint density at radius 3 is 1.93 bits per heavy atom. The molecule has 2 nitrogen and oxygen atoms in total. The van der Waals surface area contributed by atoms with Crippen molar-refractivity contribution < 1.29 is 0 Å². The molecule has 204 valence electrons. The van der Waals surface area contributed by atoms with Crippen molar-refractivity contribution in [2.45, 2.75) is 50.7 Å². The average molecular weight is 543 g/mol. The molecular formula is C37H42N2Si. The van der Waals surface area contributed by atoms with E-state index in [4.69, 9.17) is 0 Å². The van der Waals surface area contributed by atoms with Crippen LogP contribution in [0.1, 0.15) is 19.4 Å². The summed E-state index contributed by atoms with van der Waals surface area (Å²) in [5, 5.41) is 4.20. The van der Waals surface area contributed by atoms with Crippen LogP contribution in [0.2, 0.25) is 18.6 Å². The second kappa shape index (κ2) is 10.1. The van der Waals surface area contributed by atoms with Gasteiger partial charge in [0.15, 0.2) is 0 Å². The molecule has 5 aliphatic rings. The molecule has 0 amide bonds. The van der Waals surface area contributed by atoms with E-state index >= 15 is 0 Å². The van der Waals surface area contributed by atoms with Crippen molar-refractivity contribution in [1.29, 1.82) is 0 Å². The van der Waals surface area contributed by atoms with Gasteiger partial charge in [0.1, 0.15) is 8.24 Å². The van der Waals surface area contributed by atoms with Gasteiger partial charge in [0.25, 0.3) is 0 Å². The third-order valence-corrected chi connectivity index (χ3v) is 14.7. The number of hydrogen-bond acceptors (Lipinski definition) is 2. The second-order valence-corrected chi connectivity index (χ2v) is 17.7. The van der Waals surface area contributed by atoms with Crippen LogP contribution in [-0.2, 0) is 0 Å². The Bertz CT molecular complexity index is 1410. The van der Waals surface area contributed by atoms with Gasteiger partial charge in [-0.2, -0.15) is 0 Å². The van der Waals surface area contributed by atoms with Crippen LogP contribution in [0.3, 0.4) is 0 Å². The smallest absolute Gasteiger partial charge is 0.129 e. The number of hydrogen-bond donors (Lipinski definition) is 1. The van der Waals surface area contributed by atoms with Crippen molar-refractivity contribution in [2.75, 3.05) is 0 Å². The van der Waals surface area contributed by atoms with Gasteiger partial charge in [-0.15, -0.1) is 0 Å². The van der Waals surface area contributed by atoms with Crippen LogP contribution in [0.5, 0.6) is 0 Å². The molecule has 40 heavy (non-hydrogen) atoms. The maximum Gasteiger partial charge on any atom is 0.129 e. The maximum atomic E-state index is 4.20. The van der Waals surface area contributed by atoms with Crippen molar-refractivity contribution in [3.05, 3.63) is 127 Å². The van der Waals surface area contributed by atoms with Crippen LogP contribution in [-0.4, -0.2) is 31.1 Å². The topological polar surface area (TPSA) is 15.3 Å². The highest BCUT2D eigenvalue weighted by Gasteiger charge is 2.59. The number of benzene rings is 2. The Balaban J connectivity index is 1.25. The number of fused-ring (bicyclic) bond motifs is 4. The fourth-order valence-corrected chi connectivity index (χ4v) is 13.7.